The molecule has 0 unspecified atom stereocenters. The molecule has 2 heterocycles. The van der Waals surface area contributed by atoms with Crippen LogP contribution in [-0.4, -0.2) is 35.0 Å². The molecule has 0 saturated heterocycles. The van der Waals surface area contributed by atoms with E-state index in [0.717, 1.165) is 56.7 Å². The summed E-state index contributed by atoms with van der Waals surface area (Å²) in [7, 11) is 0. The number of carbonyl (C=O) groups is 1. The van der Waals surface area contributed by atoms with Crippen molar-refractivity contribution in [2.45, 2.75) is 25.1 Å². The zero-order valence-corrected chi connectivity index (χ0v) is 19.3. The molecular weight excluding hydrogens is 436 g/mol. The monoisotopic (exact) mass is 460 g/mol. The molecule has 2 aromatic carbocycles. The van der Waals surface area contributed by atoms with Crippen molar-refractivity contribution in [3.8, 4) is 11.5 Å². The average Bonchev–Trinajstić information content (AvgIpc) is 3.34. The zero-order valence-electron chi connectivity index (χ0n) is 16.8. The molecule has 158 valence electrons. The number of thiazole rings is 1. The molecule has 1 aromatic heterocycles. The van der Waals surface area contributed by atoms with Crippen LogP contribution in [0.4, 0.5) is 0 Å². The number of hydrogen-bond donors (Lipinski definition) is 0. The Labute approximate surface area is 188 Å². The molecule has 0 fully saturated rings. The van der Waals surface area contributed by atoms with Gasteiger partial charge in [-0.2, -0.15) is 28.5 Å². The average molecular weight is 461 g/mol. The molecule has 0 aliphatic carbocycles. The summed E-state index contributed by atoms with van der Waals surface area (Å²) in [6, 6.07) is 14.4. The van der Waals surface area contributed by atoms with Crippen LogP contribution in [0.5, 0.6) is 11.5 Å². The quantitative estimate of drug-likeness (QED) is 0.424. The van der Waals surface area contributed by atoms with Crippen LogP contribution in [-0.2, 0) is 17.1 Å². The van der Waals surface area contributed by atoms with Crippen LogP contribution in [0, 0.1) is 0 Å². The molecule has 1 amide bonds. The van der Waals surface area contributed by atoms with Gasteiger partial charge in [-0.05, 0) is 24.0 Å². The molecule has 0 atom stereocenters. The topological polar surface area (TPSA) is 52.8 Å². The molecule has 0 saturated carbocycles. The summed E-state index contributed by atoms with van der Waals surface area (Å²) in [6.07, 6.45) is 3.39. The molecule has 8 heteroatoms. The number of ether oxygens (including phenoxy) is 2. The predicted octanol–water partition coefficient (Wildman–Crippen LogP) is 4.94. The molecule has 1 aliphatic rings. The Bertz CT molecular complexity index is 1080. The van der Waals surface area contributed by atoms with Crippen molar-refractivity contribution in [3.05, 3.63) is 52.8 Å². The Morgan fingerprint density at radius 2 is 1.97 bits per heavy atom. The standard InChI is InChI=1S/C22H24N2O3S3/c1-28-11-9-24-17-12-18-19(27-15-26-18)13-20(17)30-22(24)23-21(25)8-5-10-29-14-16-6-3-2-4-7-16/h2-4,6-7,12-13H,5,8-11,14-15H2,1H3. The first-order chi connectivity index (χ1) is 14.7. The highest BCUT2D eigenvalue weighted by molar-refractivity contribution is 7.98. The first-order valence-corrected chi connectivity index (χ1v) is 13.2. The van der Waals surface area contributed by atoms with Crippen LogP contribution in [0.15, 0.2) is 47.5 Å². The van der Waals surface area contributed by atoms with E-state index in [1.807, 2.05) is 30.0 Å². The summed E-state index contributed by atoms with van der Waals surface area (Å²) in [5.74, 6) is 4.35. The van der Waals surface area contributed by atoms with E-state index in [4.69, 9.17) is 9.47 Å². The fraction of sp³-hybridized carbons (Fsp3) is 0.364. The Morgan fingerprint density at radius 3 is 2.77 bits per heavy atom. The fourth-order valence-electron chi connectivity index (χ4n) is 3.20. The Balaban J connectivity index is 1.42. The third-order valence-electron chi connectivity index (χ3n) is 4.71. The van der Waals surface area contributed by atoms with Gasteiger partial charge < -0.3 is 14.0 Å². The third kappa shape index (κ3) is 5.22. The highest BCUT2D eigenvalue weighted by Crippen LogP contribution is 2.37. The lowest BCUT2D eigenvalue weighted by atomic mass is 10.2. The number of rotatable bonds is 9. The molecule has 1 aliphatic heterocycles. The number of nitrogens with zero attached hydrogens (tertiary/aromatic N) is 2. The smallest absolute Gasteiger partial charge is 0.248 e. The van der Waals surface area contributed by atoms with Gasteiger partial charge in [0.15, 0.2) is 16.3 Å². The van der Waals surface area contributed by atoms with E-state index >= 15 is 0 Å². The second kappa shape index (κ2) is 10.4. The Kier molecular flexibility index (Phi) is 7.41. The summed E-state index contributed by atoms with van der Waals surface area (Å²) in [5, 5.41) is 0. The zero-order chi connectivity index (χ0) is 20.8. The molecule has 30 heavy (non-hydrogen) atoms. The molecule has 0 bridgehead atoms. The number of fused-ring (bicyclic) bond motifs is 2. The fourth-order valence-corrected chi connectivity index (χ4v) is 5.57. The number of aryl methyl sites for hydroxylation is 1. The lowest BCUT2D eigenvalue weighted by Gasteiger charge is -2.04. The minimum Gasteiger partial charge on any atom is -0.454 e. The van der Waals surface area contributed by atoms with Crippen molar-refractivity contribution in [2.24, 2.45) is 4.99 Å². The maximum Gasteiger partial charge on any atom is 0.248 e. The molecule has 0 radical (unpaired) electrons. The van der Waals surface area contributed by atoms with Gasteiger partial charge in [-0.3, -0.25) is 4.79 Å². The Morgan fingerprint density at radius 1 is 1.17 bits per heavy atom. The van der Waals surface area contributed by atoms with Gasteiger partial charge in [0.2, 0.25) is 12.7 Å². The van der Waals surface area contributed by atoms with Crippen LogP contribution >= 0.6 is 34.9 Å². The van der Waals surface area contributed by atoms with Crippen LogP contribution in [0.25, 0.3) is 10.2 Å². The summed E-state index contributed by atoms with van der Waals surface area (Å²) in [6.45, 7) is 1.06. The van der Waals surface area contributed by atoms with E-state index < -0.39 is 0 Å². The third-order valence-corrected chi connectivity index (χ3v) is 7.45. The van der Waals surface area contributed by atoms with E-state index in [1.54, 1.807) is 11.8 Å². The molecular formula is C22H24N2O3S3. The lowest BCUT2D eigenvalue weighted by Crippen LogP contribution is -2.18. The molecule has 5 nitrogen and oxygen atoms in total. The number of benzene rings is 2. The van der Waals surface area contributed by atoms with E-state index in [1.165, 1.54) is 16.9 Å². The summed E-state index contributed by atoms with van der Waals surface area (Å²) in [4.78, 5) is 17.7. The van der Waals surface area contributed by atoms with Crippen molar-refractivity contribution < 1.29 is 14.3 Å². The molecule has 4 rings (SSSR count). The second-order valence-electron chi connectivity index (χ2n) is 6.85. The van der Waals surface area contributed by atoms with Crippen molar-refractivity contribution in [2.75, 3.05) is 24.6 Å². The normalized spacial score (nSPS) is 13.3. The van der Waals surface area contributed by atoms with Crippen LogP contribution in [0.3, 0.4) is 0 Å². The molecule has 3 aromatic rings. The van der Waals surface area contributed by atoms with E-state index in [0.29, 0.717) is 6.42 Å². The first kappa shape index (κ1) is 21.3. The number of aromatic nitrogens is 1. The van der Waals surface area contributed by atoms with Gasteiger partial charge >= 0.3 is 0 Å². The van der Waals surface area contributed by atoms with E-state index in [-0.39, 0.29) is 12.7 Å². The van der Waals surface area contributed by atoms with Gasteiger partial charge in [-0.1, -0.05) is 41.7 Å². The highest BCUT2D eigenvalue weighted by Gasteiger charge is 2.17. The van der Waals surface area contributed by atoms with Gasteiger partial charge in [-0.25, -0.2) is 0 Å². The first-order valence-electron chi connectivity index (χ1n) is 9.86. The number of thioether (sulfide) groups is 2. The van der Waals surface area contributed by atoms with Gasteiger partial charge in [0.05, 0.1) is 10.2 Å². The van der Waals surface area contributed by atoms with Gasteiger partial charge in [0, 0.05) is 36.6 Å². The summed E-state index contributed by atoms with van der Waals surface area (Å²) in [5.41, 5.74) is 2.36. The largest absolute Gasteiger partial charge is 0.454 e. The van der Waals surface area contributed by atoms with Crippen LogP contribution < -0.4 is 14.3 Å². The number of amides is 1. The Hall–Kier alpha value is -1.90. The minimum atomic E-state index is -0.0557. The van der Waals surface area contributed by atoms with Gasteiger partial charge in [-0.15, -0.1) is 0 Å². The molecule has 0 spiro atoms. The highest BCUT2D eigenvalue weighted by atomic mass is 32.2. The number of hydrogen-bond acceptors (Lipinski definition) is 6. The second-order valence-corrected chi connectivity index (χ2v) is 9.95. The summed E-state index contributed by atoms with van der Waals surface area (Å²) < 4.78 is 14.2. The van der Waals surface area contributed by atoms with Crippen molar-refractivity contribution in [3.63, 3.8) is 0 Å². The van der Waals surface area contributed by atoms with Crippen LogP contribution in [0.2, 0.25) is 0 Å². The van der Waals surface area contributed by atoms with Gasteiger partial charge in [0.1, 0.15) is 0 Å². The van der Waals surface area contributed by atoms with Crippen molar-refractivity contribution in [1.29, 1.82) is 0 Å². The molecule has 0 N–H and O–H groups in total. The summed E-state index contributed by atoms with van der Waals surface area (Å²) >= 11 is 5.17. The maximum absolute atomic E-state index is 12.5. The van der Waals surface area contributed by atoms with Gasteiger partial charge in [0.25, 0.3) is 0 Å². The van der Waals surface area contributed by atoms with Crippen molar-refractivity contribution in [1.82, 2.24) is 4.57 Å². The SMILES string of the molecule is CSCCn1c(=NC(=O)CCCSCc2ccccc2)sc2cc3c(cc21)OCO3. The minimum absolute atomic E-state index is 0.0557. The van der Waals surface area contributed by atoms with Crippen LogP contribution in [0.1, 0.15) is 18.4 Å². The van der Waals surface area contributed by atoms with E-state index in [9.17, 15) is 4.79 Å². The predicted molar refractivity (Wildman–Crippen MR) is 127 cm³/mol. The maximum atomic E-state index is 12.5. The lowest BCUT2D eigenvalue weighted by molar-refractivity contribution is -0.118. The van der Waals surface area contributed by atoms with Crippen molar-refractivity contribution >= 4 is 51.0 Å². The number of carbonyl (C=O) groups excluding carboxylic acids is 1. The van der Waals surface area contributed by atoms with E-state index in [2.05, 4.69) is 40.1 Å².